The number of benzene rings is 4. The Hall–Kier alpha value is -1.56. The SMILES string of the molecule is CCOC(=O)CCc1ccccc1.CO.NCCc1ccccc1.O=C(CCc1ccccc1)NCCc1ccccc1.O=CO[O-].[H-].[K+].[K+]. The van der Waals surface area contributed by atoms with Gasteiger partial charge in [-0.1, -0.05) is 121 Å². The molecule has 49 heavy (non-hydrogen) atoms. The third-order valence-corrected chi connectivity index (χ3v) is 6.14. The van der Waals surface area contributed by atoms with Gasteiger partial charge < -0.3 is 32.5 Å². The first kappa shape index (κ1) is 51.8. The normalized spacial score (nSPS) is 8.76. The van der Waals surface area contributed by atoms with Crippen molar-refractivity contribution in [1.29, 1.82) is 0 Å². The van der Waals surface area contributed by atoms with Crippen LogP contribution in [0.1, 0.15) is 43.4 Å². The van der Waals surface area contributed by atoms with Crippen molar-refractivity contribution in [3.05, 3.63) is 144 Å². The van der Waals surface area contributed by atoms with E-state index in [1.807, 2.05) is 91.9 Å². The van der Waals surface area contributed by atoms with Crippen LogP contribution in [0.2, 0.25) is 0 Å². The molecule has 0 heterocycles. The Balaban J connectivity index is -0.000000299. The molecule has 0 fully saturated rings. The number of ether oxygens (including phenoxy) is 1. The van der Waals surface area contributed by atoms with Crippen LogP contribution in [0.5, 0.6) is 0 Å². The topological polar surface area (TPSA) is 151 Å². The van der Waals surface area contributed by atoms with Gasteiger partial charge in [0, 0.05) is 26.5 Å². The van der Waals surface area contributed by atoms with E-state index in [1.54, 1.807) is 0 Å². The fourth-order valence-corrected chi connectivity index (χ4v) is 3.92. The Morgan fingerprint density at radius 2 is 1.04 bits per heavy atom. The van der Waals surface area contributed by atoms with Gasteiger partial charge in [-0.25, -0.2) is 0 Å². The molecule has 0 aromatic heterocycles. The van der Waals surface area contributed by atoms with Gasteiger partial charge in [0.05, 0.1) is 6.61 Å². The van der Waals surface area contributed by atoms with Crippen LogP contribution in [0.4, 0.5) is 0 Å². The van der Waals surface area contributed by atoms with Crippen LogP contribution in [0.25, 0.3) is 0 Å². The molecule has 9 nitrogen and oxygen atoms in total. The maximum atomic E-state index is 11.7. The van der Waals surface area contributed by atoms with E-state index >= 15 is 0 Å². The van der Waals surface area contributed by atoms with Crippen molar-refractivity contribution in [3.8, 4) is 0 Å². The summed E-state index contributed by atoms with van der Waals surface area (Å²) >= 11 is 0. The molecule has 4 aromatic carbocycles. The predicted octanol–water partition coefficient (Wildman–Crippen LogP) is -1.49. The molecular weight excluding hydrogens is 675 g/mol. The Labute approximate surface area is 378 Å². The fourth-order valence-electron chi connectivity index (χ4n) is 3.92. The van der Waals surface area contributed by atoms with Crippen molar-refractivity contribution in [1.82, 2.24) is 5.32 Å². The van der Waals surface area contributed by atoms with Gasteiger partial charge in [-0.05, 0) is 61.4 Å². The van der Waals surface area contributed by atoms with Gasteiger partial charge in [-0.3, -0.25) is 14.4 Å². The molecular formula is C38H50K2N2O7. The van der Waals surface area contributed by atoms with Crippen molar-refractivity contribution >= 4 is 18.3 Å². The molecule has 0 bridgehead atoms. The molecule has 0 spiro atoms. The minimum Gasteiger partial charge on any atom is -1.00 e. The first-order valence-corrected chi connectivity index (χ1v) is 15.5. The summed E-state index contributed by atoms with van der Waals surface area (Å²) in [4.78, 5) is 33.9. The third kappa shape index (κ3) is 32.1. The number of hydrogen-bond acceptors (Lipinski definition) is 8. The van der Waals surface area contributed by atoms with E-state index < -0.39 is 0 Å². The summed E-state index contributed by atoms with van der Waals surface area (Å²) in [6, 6.07) is 40.5. The minimum absolute atomic E-state index is 0. The molecule has 0 aliphatic carbocycles. The summed E-state index contributed by atoms with van der Waals surface area (Å²) in [5.41, 5.74) is 10.3. The predicted molar refractivity (Wildman–Crippen MR) is 185 cm³/mol. The van der Waals surface area contributed by atoms with Crippen molar-refractivity contribution in [2.24, 2.45) is 5.73 Å². The van der Waals surface area contributed by atoms with Gasteiger partial charge in [0.25, 0.3) is 6.47 Å². The van der Waals surface area contributed by atoms with Crippen LogP contribution in [0.3, 0.4) is 0 Å². The van der Waals surface area contributed by atoms with Crippen LogP contribution >= 0.6 is 0 Å². The molecule has 4 N–H and O–H groups in total. The largest absolute Gasteiger partial charge is 1.00 e. The van der Waals surface area contributed by atoms with Crippen molar-refractivity contribution < 1.29 is 139 Å². The van der Waals surface area contributed by atoms with Crippen LogP contribution in [-0.2, 0) is 49.7 Å². The molecule has 256 valence electrons. The molecule has 0 radical (unpaired) electrons. The van der Waals surface area contributed by atoms with Crippen molar-refractivity contribution in [2.45, 2.75) is 45.4 Å². The summed E-state index contributed by atoms with van der Waals surface area (Å²) in [7, 11) is 1.00. The summed E-state index contributed by atoms with van der Waals surface area (Å²) in [6.07, 6.45) is 4.47. The zero-order valence-electron chi connectivity index (χ0n) is 30.5. The average molecular weight is 725 g/mol. The molecule has 0 atom stereocenters. The third-order valence-electron chi connectivity index (χ3n) is 6.14. The standard InChI is InChI=1S/C17H19NO.C11H14O2.C8H11N.CH2O3.CH4O.2K.H/c19-17(12-11-15-7-3-1-4-8-15)18-14-13-16-9-5-2-6-10-16;1-2-13-11(12)9-8-10-6-4-3-5-7-10;9-7-6-8-4-2-1-3-5-8;2-1-4-3;1-2;;;/h1-10H,11-14H2,(H,18,19);3-7H,2,8-9H2,1H3;1-5H,6-7,9H2;1,3H;2H,1H3;;;/q;;;;;2*+1;-1/p-1. The van der Waals surface area contributed by atoms with E-state index in [-0.39, 0.29) is 123 Å². The average Bonchev–Trinajstić information content (AvgIpc) is 3.13. The van der Waals surface area contributed by atoms with Gasteiger partial charge in [-0.15, -0.1) is 0 Å². The summed E-state index contributed by atoms with van der Waals surface area (Å²) in [5, 5.41) is 18.4. The van der Waals surface area contributed by atoms with Gasteiger partial charge in [0.15, 0.2) is 0 Å². The van der Waals surface area contributed by atoms with Crippen molar-refractivity contribution in [3.63, 3.8) is 0 Å². The van der Waals surface area contributed by atoms with Gasteiger partial charge in [0.1, 0.15) is 0 Å². The number of aliphatic hydroxyl groups is 1. The Bertz CT molecular complexity index is 1300. The number of esters is 1. The number of hydrogen-bond donors (Lipinski definition) is 3. The van der Waals surface area contributed by atoms with Crippen LogP contribution < -0.4 is 119 Å². The van der Waals surface area contributed by atoms with Gasteiger partial charge in [-0.2, -0.15) is 0 Å². The maximum Gasteiger partial charge on any atom is 1.00 e. The number of rotatable bonds is 13. The second-order valence-corrected chi connectivity index (χ2v) is 9.58. The number of aryl methyl sites for hydroxylation is 2. The zero-order valence-corrected chi connectivity index (χ0v) is 35.7. The molecule has 0 aliphatic rings. The van der Waals surface area contributed by atoms with Gasteiger partial charge in [0.2, 0.25) is 5.91 Å². The molecule has 0 saturated carbocycles. The van der Waals surface area contributed by atoms with Crippen LogP contribution in [0.15, 0.2) is 121 Å². The first-order valence-electron chi connectivity index (χ1n) is 15.5. The van der Waals surface area contributed by atoms with Crippen molar-refractivity contribution in [2.75, 3.05) is 26.8 Å². The molecule has 0 aliphatic heterocycles. The monoisotopic (exact) mass is 724 g/mol. The van der Waals surface area contributed by atoms with E-state index in [2.05, 4.69) is 46.6 Å². The maximum absolute atomic E-state index is 11.7. The quantitative estimate of drug-likeness (QED) is 0.0497. The van der Waals surface area contributed by atoms with E-state index in [4.69, 9.17) is 25.6 Å². The number of nitrogens with two attached hydrogens (primary N) is 1. The zero-order chi connectivity index (χ0) is 34.8. The summed E-state index contributed by atoms with van der Waals surface area (Å²) < 4.78 is 4.82. The molecule has 4 rings (SSSR count). The summed E-state index contributed by atoms with van der Waals surface area (Å²) in [6.45, 7) is 3.55. The van der Waals surface area contributed by atoms with E-state index in [0.717, 1.165) is 39.3 Å². The van der Waals surface area contributed by atoms with Crippen LogP contribution in [-0.4, -0.2) is 50.3 Å². The first-order chi connectivity index (χ1) is 23.0. The summed E-state index contributed by atoms with van der Waals surface area (Å²) in [5.74, 6) is 0.00568. The Morgan fingerprint density at radius 3 is 1.39 bits per heavy atom. The number of nitrogens with one attached hydrogen (secondary N) is 1. The number of aliphatic hydroxyl groups excluding tert-OH is 1. The molecule has 0 unspecified atom stereocenters. The van der Waals surface area contributed by atoms with E-state index in [9.17, 15) is 9.59 Å². The fraction of sp³-hybridized carbons (Fsp3) is 0.289. The van der Waals surface area contributed by atoms with Gasteiger partial charge >= 0.3 is 109 Å². The Morgan fingerprint density at radius 1 is 0.694 bits per heavy atom. The van der Waals surface area contributed by atoms with Crippen LogP contribution in [0, 0.1) is 0 Å². The Kier molecular flexibility index (Phi) is 41.5. The minimum atomic E-state index is -0.181. The number of carbonyl (C=O) groups is 3. The smallest absolute Gasteiger partial charge is 1.00 e. The number of amides is 1. The molecule has 4 aromatic rings. The molecule has 1 amide bonds. The second kappa shape index (κ2) is 39.2. The molecule has 0 saturated heterocycles. The second-order valence-electron chi connectivity index (χ2n) is 9.58. The number of carbonyl (C=O) groups excluding carboxylic acids is 3. The van der Waals surface area contributed by atoms with E-state index in [0.29, 0.717) is 26.0 Å². The van der Waals surface area contributed by atoms with E-state index in [1.165, 1.54) is 22.3 Å². The molecule has 11 heteroatoms.